The second-order valence-corrected chi connectivity index (χ2v) is 9.37. The van der Waals surface area contributed by atoms with E-state index in [0.717, 1.165) is 28.3 Å². The fraction of sp³-hybridized carbons (Fsp3) is 0.273. The van der Waals surface area contributed by atoms with Crippen molar-refractivity contribution < 1.29 is 22.4 Å². The van der Waals surface area contributed by atoms with E-state index in [2.05, 4.69) is 4.72 Å². The van der Waals surface area contributed by atoms with Crippen LogP contribution in [-0.2, 0) is 16.4 Å². The van der Waals surface area contributed by atoms with Crippen LogP contribution in [-0.4, -0.2) is 39.8 Å². The number of benzene rings is 2. The molecule has 1 aromatic heterocycles. The Morgan fingerprint density at radius 2 is 1.87 bits per heavy atom. The maximum Gasteiger partial charge on any atom is 0.414 e. The molecular weight excluding hydrogens is 420 g/mol. The van der Waals surface area contributed by atoms with E-state index in [1.165, 1.54) is 4.90 Å². The van der Waals surface area contributed by atoms with Crippen LogP contribution in [0.2, 0.25) is 0 Å². The molecule has 0 unspecified atom stereocenters. The van der Waals surface area contributed by atoms with Gasteiger partial charge in [0.25, 0.3) is 0 Å². The second kappa shape index (κ2) is 8.43. The number of anilines is 1. The molecule has 0 bridgehead atoms. The SMILES string of the molecule is Cc1cc2c(C)c(Cc3cccc(NS(C)(=O)=O)c3)c(=O)oc2cc1OC(=O)N(C)C. The van der Waals surface area contributed by atoms with Gasteiger partial charge in [-0.1, -0.05) is 12.1 Å². The fourth-order valence-electron chi connectivity index (χ4n) is 3.19. The Morgan fingerprint density at radius 1 is 1.16 bits per heavy atom. The van der Waals surface area contributed by atoms with Gasteiger partial charge < -0.3 is 14.1 Å². The molecule has 0 saturated carbocycles. The van der Waals surface area contributed by atoms with Crippen LogP contribution in [0.5, 0.6) is 5.75 Å². The molecule has 9 heteroatoms. The molecule has 0 aliphatic carbocycles. The second-order valence-electron chi connectivity index (χ2n) is 7.62. The lowest BCUT2D eigenvalue weighted by molar-refractivity contribution is 0.171. The van der Waals surface area contributed by atoms with Crippen molar-refractivity contribution in [1.82, 2.24) is 4.90 Å². The van der Waals surface area contributed by atoms with Crippen molar-refractivity contribution in [2.75, 3.05) is 25.1 Å². The van der Waals surface area contributed by atoms with Crippen LogP contribution in [0.3, 0.4) is 0 Å². The summed E-state index contributed by atoms with van der Waals surface area (Å²) in [7, 11) is -0.246. The first-order valence-electron chi connectivity index (χ1n) is 9.47. The largest absolute Gasteiger partial charge is 0.422 e. The van der Waals surface area contributed by atoms with E-state index in [1.807, 2.05) is 26.0 Å². The minimum Gasteiger partial charge on any atom is -0.422 e. The molecule has 0 saturated heterocycles. The summed E-state index contributed by atoms with van der Waals surface area (Å²) in [5.74, 6) is 0.320. The van der Waals surface area contributed by atoms with Crippen LogP contribution < -0.4 is 15.1 Å². The summed E-state index contributed by atoms with van der Waals surface area (Å²) in [5, 5.41) is 0.738. The van der Waals surface area contributed by atoms with Gasteiger partial charge in [0.1, 0.15) is 11.3 Å². The highest BCUT2D eigenvalue weighted by atomic mass is 32.2. The number of hydrogen-bond acceptors (Lipinski definition) is 6. The number of sulfonamides is 1. The zero-order chi connectivity index (χ0) is 22.9. The molecule has 1 heterocycles. The van der Waals surface area contributed by atoms with Gasteiger partial charge in [0.15, 0.2) is 0 Å². The standard InChI is InChI=1S/C22H24N2O6S/c1-13-9-17-14(2)18(11-15-7-6-8-16(10-15)23-31(5,27)28)21(25)29-20(17)12-19(13)30-22(26)24(3)4/h6-10,12,23H,11H2,1-5H3. The molecule has 0 spiro atoms. The van der Waals surface area contributed by atoms with Gasteiger partial charge in [-0.2, -0.15) is 0 Å². The van der Waals surface area contributed by atoms with Crippen LogP contribution in [0.25, 0.3) is 11.0 Å². The van der Waals surface area contributed by atoms with E-state index in [9.17, 15) is 18.0 Å². The lowest BCUT2D eigenvalue weighted by Gasteiger charge is -2.14. The minimum absolute atomic E-state index is 0.278. The third kappa shape index (κ3) is 5.24. The van der Waals surface area contributed by atoms with Crippen LogP contribution in [0, 0.1) is 13.8 Å². The molecule has 2 aromatic carbocycles. The molecule has 164 valence electrons. The third-order valence-electron chi connectivity index (χ3n) is 4.76. The quantitative estimate of drug-likeness (QED) is 0.605. The number of ether oxygens (including phenoxy) is 1. The lowest BCUT2D eigenvalue weighted by Crippen LogP contribution is -2.25. The molecule has 0 aliphatic rings. The number of aryl methyl sites for hydroxylation is 2. The van der Waals surface area contributed by atoms with Gasteiger partial charge in [-0.3, -0.25) is 4.72 Å². The lowest BCUT2D eigenvalue weighted by atomic mass is 9.98. The van der Waals surface area contributed by atoms with Crippen LogP contribution in [0.15, 0.2) is 45.6 Å². The Kier molecular flexibility index (Phi) is 6.08. The number of carbonyl (C=O) groups is 1. The van der Waals surface area contributed by atoms with E-state index in [4.69, 9.17) is 9.15 Å². The van der Waals surface area contributed by atoms with Crippen molar-refractivity contribution in [1.29, 1.82) is 0 Å². The van der Waals surface area contributed by atoms with E-state index < -0.39 is 21.7 Å². The van der Waals surface area contributed by atoms with Crippen LogP contribution in [0.1, 0.15) is 22.3 Å². The average molecular weight is 445 g/mol. The first kappa shape index (κ1) is 22.4. The normalized spacial score (nSPS) is 11.4. The number of fused-ring (bicyclic) bond motifs is 1. The van der Waals surface area contributed by atoms with Crippen molar-refractivity contribution in [2.45, 2.75) is 20.3 Å². The predicted octanol–water partition coefficient (Wildman–Crippen LogP) is 3.43. The number of nitrogens with zero attached hydrogens (tertiary/aromatic N) is 1. The first-order valence-corrected chi connectivity index (χ1v) is 11.4. The van der Waals surface area contributed by atoms with E-state index in [1.54, 1.807) is 38.4 Å². The number of nitrogens with one attached hydrogen (secondary N) is 1. The Balaban J connectivity index is 2.00. The van der Waals surface area contributed by atoms with Gasteiger partial charge in [0, 0.05) is 43.2 Å². The molecule has 1 N–H and O–H groups in total. The number of carbonyl (C=O) groups excluding carboxylic acids is 1. The number of amides is 1. The maximum atomic E-state index is 12.7. The van der Waals surface area contributed by atoms with Gasteiger partial charge in [-0.25, -0.2) is 18.0 Å². The molecule has 1 amide bonds. The summed E-state index contributed by atoms with van der Waals surface area (Å²) in [6, 6.07) is 10.2. The zero-order valence-electron chi connectivity index (χ0n) is 18.0. The highest BCUT2D eigenvalue weighted by molar-refractivity contribution is 7.92. The molecule has 0 aliphatic heterocycles. The molecule has 0 fully saturated rings. The Morgan fingerprint density at radius 3 is 2.52 bits per heavy atom. The average Bonchev–Trinajstić information content (AvgIpc) is 2.65. The number of hydrogen-bond donors (Lipinski definition) is 1. The molecule has 3 rings (SSSR count). The monoisotopic (exact) mass is 444 g/mol. The van der Waals surface area contributed by atoms with Gasteiger partial charge in [-0.05, 0) is 48.7 Å². The van der Waals surface area contributed by atoms with Crippen molar-refractivity contribution in [3.05, 3.63) is 69.1 Å². The zero-order valence-corrected chi connectivity index (χ0v) is 18.8. The molecule has 0 radical (unpaired) electrons. The molecule has 0 atom stereocenters. The van der Waals surface area contributed by atoms with Crippen LogP contribution in [0.4, 0.5) is 10.5 Å². The molecule has 8 nitrogen and oxygen atoms in total. The fourth-order valence-corrected chi connectivity index (χ4v) is 3.74. The smallest absolute Gasteiger partial charge is 0.414 e. The summed E-state index contributed by atoms with van der Waals surface area (Å²) in [4.78, 5) is 25.9. The van der Waals surface area contributed by atoms with Crippen molar-refractivity contribution >= 4 is 32.8 Å². The Bertz CT molecular complexity index is 1330. The van der Waals surface area contributed by atoms with E-state index in [0.29, 0.717) is 22.6 Å². The maximum absolute atomic E-state index is 12.7. The summed E-state index contributed by atoms with van der Waals surface area (Å²) < 4.78 is 36.3. The minimum atomic E-state index is -3.40. The summed E-state index contributed by atoms with van der Waals surface area (Å²) in [6.07, 6.45) is 0.828. The summed E-state index contributed by atoms with van der Waals surface area (Å²) >= 11 is 0. The van der Waals surface area contributed by atoms with Crippen molar-refractivity contribution in [3.8, 4) is 5.75 Å². The summed E-state index contributed by atoms with van der Waals surface area (Å²) in [6.45, 7) is 3.64. The summed E-state index contributed by atoms with van der Waals surface area (Å²) in [5.41, 5.74) is 2.96. The molecule has 3 aromatic rings. The highest BCUT2D eigenvalue weighted by Gasteiger charge is 2.16. The van der Waals surface area contributed by atoms with Crippen molar-refractivity contribution in [3.63, 3.8) is 0 Å². The molecule has 31 heavy (non-hydrogen) atoms. The van der Waals surface area contributed by atoms with Gasteiger partial charge in [0.2, 0.25) is 10.0 Å². The van der Waals surface area contributed by atoms with E-state index >= 15 is 0 Å². The highest BCUT2D eigenvalue weighted by Crippen LogP contribution is 2.29. The first-order chi connectivity index (χ1) is 14.4. The van der Waals surface area contributed by atoms with Gasteiger partial charge in [-0.15, -0.1) is 0 Å². The predicted molar refractivity (Wildman–Crippen MR) is 119 cm³/mol. The Hall–Kier alpha value is -3.33. The van der Waals surface area contributed by atoms with E-state index in [-0.39, 0.29) is 6.42 Å². The van der Waals surface area contributed by atoms with Crippen molar-refractivity contribution in [2.24, 2.45) is 0 Å². The number of rotatable bonds is 5. The third-order valence-corrected chi connectivity index (χ3v) is 5.36. The molecular formula is C22H24N2O6S. The Labute approximate surface area is 180 Å². The van der Waals surface area contributed by atoms with Gasteiger partial charge in [0.05, 0.1) is 6.26 Å². The van der Waals surface area contributed by atoms with Crippen LogP contribution >= 0.6 is 0 Å². The van der Waals surface area contributed by atoms with Gasteiger partial charge >= 0.3 is 11.7 Å². The topological polar surface area (TPSA) is 106 Å².